The Morgan fingerprint density at radius 3 is 2.00 bits per heavy atom. The third kappa shape index (κ3) is 6.21. The number of hydrogen-bond acceptors (Lipinski definition) is 5. The molecule has 260 valence electrons. The third-order valence-corrected chi connectivity index (χ3v) is 9.60. The van der Waals surface area contributed by atoms with Crippen molar-refractivity contribution in [2.24, 2.45) is 0 Å². The van der Waals surface area contributed by atoms with E-state index in [-0.39, 0.29) is 22.2 Å². The average Bonchev–Trinajstić information content (AvgIpc) is 3.81. The van der Waals surface area contributed by atoms with E-state index < -0.39 is 160 Å². The molecule has 0 N–H and O–H groups in total. The third-order valence-electron chi connectivity index (χ3n) is 8.57. The summed E-state index contributed by atoms with van der Waals surface area (Å²) in [5.41, 5.74) is -4.29. The minimum absolute atomic E-state index is 0.205. The van der Waals surface area contributed by atoms with Gasteiger partial charge in [0.1, 0.15) is 11.2 Å². The molecule has 55 heavy (non-hydrogen) atoms. The molecule has 0 bridgehead atoms. The van der Waals surface area contributed by atoms with Crippen LogP contribution in [0.1, 0.15) is 27.4 Å². The highest BCUT2D eigenvalue weighted by Gasteiger charge is 2.21. The summed E-state index contributed by atoms with van der Waals surface area (Å²) in [7, 11) is 0. The summed E-state index contributed by atoms with van der Waals surface area (Å²) in [4.78, 5) is 11.7. The molecule has 0 amide bonds. The second-order valence-electron chi connectivity index (χ2n) is 11.9. The lowest BCUT2D eigenvalue weighted by atomic mass is 9.97. The molecule has 10 aromatic rings. The van der Waals surface area contributed by atoms with E-state index in [1.54, 1.807) is 0 Å². The summed E-state index contributed by atoms with van der Waals surface area (Å²) in [6.07, 6.45) is 1.51. The molecule has 0 atom stereocenters. The Morgan fingerprint density at radius 1 is 0.545 bits per heavy atom. The van der Waals surface area contributed by atoms with Crippen molar-refractivity contribution in [3.05, 3.63) is 200 Å². The zero-order valence-corrected chi connectivity index (χ0v) is 29.0. The lowest BCUT2D eigenvalue weighted by molar-refractivity contribution is 0.669. The second kappa shape index (κ2) is 14.1. The predicted octanol–water partition coefficient (Wildman–Crippen LogP) is 14.2. The van der Waals surface area contributed by atoms with Crippen LogP contribution < -0.4 is 4.90 Å². The van der Waals surface area contributed by atoms with Gasteiger partial charge in [0.25, 0.3) is 0 Å². The fourth-order valence-corrected chi connectivity index (χ4v) is 7.07. The summed E-state index contributed by atoms with van der Waals surface area (Å²) in [5.74, 6) is -0.234. The fraction of sp³-hybridized carbons (Fsp3) is 0. The molecule has 5 heteroatoms. The van der Waals surface area contributed by atoms with Crippen LogP contribution in [0.2, 0.25) is 0 Å². The van der Waals surface area contributed by atoms with E-state index in [4.69, 9.17) is 33.6 Å². The van der Waals surface area contributed by atoms with Crippen molar-refractivity contribution in [1.29, 1.82) is 0 Å². The van der Waals surface area contributed by atoms with E-state index in [0.29, 0.717) is 21.1 Å². The van der Waals surface area contributed by atoms with E-state index in [1.807, 2.05) is 72.8 Å². The number of fused-ring (bicyclic) bond motifs is 4. The molecule has 0 aliphatic carbocycles. The van der Waals surface area contributed by atoms with Crippen LogP contribution in [0.4, 0.5) is 17.1 Å². The molecule has 0 unspecified atom stereocenters. The second-order valence-corrected chi connectivity index (χ2v) is 13.0. The average molecular weight is 744 g/mol. The quantitative estimate of drug-likeness (QED) is 0.155. The zero-order chi connectivity index (χ0) is 54.0. The van der Waals surface area contributed by atoms with Crippen LogP contribution in [-0.2, 0) is 0 Å². The predicted molar refractivity (Wildman–Crippen MR) is 228 cm³/mol. The maximum absolute atomic E-state index is 10.0. The fourth-order valence-electron chi connectivity index (χ4n) is 6.17. The lowest BCUT2D eigenvalue weighted by Gasteiger charge is -2.25. The molecule has 10 rings (SSSR count). The smallest absolute Gasteiger partial charge is 0.160 e. The number of aromatic nitrogens is 2. The van der Waals surface area contributed by atoms with Gasteiger partial charge in [0, 0.05) is 50.1 Å². The van der Waals surface area contributed by atoms with Crippen molar-refractivity contribution in [2.75, 3.05) is 4.90 Å². The largest absolute Gasteiger partial charge is 0.456 e. The Bertz CT molecular complexity index is 3970. The summed E-state index contributed by atoms with van der Waals surface area (Å²) >= 11 is 1.34. The van der Waals surface area contributed by atoms with Crippen molar-refractivity contribution in [1.82, 2.24) is 9.97 Å². The van der Waals surface area contributed by atoms with Crippen LogP contribution in [0.15, 0.2) is 214 Å². The molecular weight excluding hydrogens is 691 g/mol. The molecule has 8 aromatic carbocycles. The van der Waals surface area contributed by atoms with Gasteiger partial charge in [-0.3, -0.25) is 0 Å². The summed E-state index contributed by atoms with van der Waals surface area (Å²) < 4.78 is 185. The number of para-hydroxylation sites is 3. The van der Waals surface area contributed by atoms with Gasteiger partial charge in [-0.25, -0.2) is 9.97 Å². The highest BCUT2D eigenvalue weighted by Crippen LogP contribution is 2.43. The van der Waals surface area contributed by atoms with Crippen LogP contribution in [-0.4, -0.2) is 9.97 Å². The Kier molecular flexibility index (Phi) is 4.60. The van der Waals surface area contributed by atoms with E-state index in [2.05, 4.69) is 0 Å². The minimum atomic E-state index is -1.08. The first-order valence-corrected chi connectivity index (χ1v) is 17.5. The van der Waals surface area contributed by atoms with E-state index in [9.17, 15) is 8.22 Å². The molecule has 2 heterocycles. The van der Waals surface area contributed by atoms with E-state index in [1.165, 1.54) is 18.0 Å². The maximum atomic E-state index is 10.0. The van der Waals surface area contributed by atoms with Gasteiger partial charge in [0.2, 0.25) is 0 Å². The van der Waals surface area contributed by atoms with Gasteiger partial charge < -0.3 is 9.32 Å². The van der Waals surface area contributed by atoms with Crippen LogP contribution >= 0.6 is 11.8 Å². The molecule has 0 radical (unpaired) electrons. The summed E-state index contributed by atoms with van der Waals surface area (Å²) in [6.45, 7) is 0. The van der Waals surface area contributed by atoms with Gasteiger partial charge in [-0.05, 0) is 88.4 Å². The SMILES string of the molecule is [2H]c1c([2H])c([2H])c(N(c2c([2H])c([2H])c([2H])c([2H])c2[2H])c2c([2H])c([2H])c(-c3c([2H])c(-c4ncc(Sc5ccccc5)c(-c5cccc6ccccc56)n4)c4c(oc5c([2H])c([2H])c([2H])c([2H])c54)c3[2H])c([2H])c2[2H])c([2H])c1[2H]. The number of anilines is 3. The molecular formula is C50H33N3OS. The van der Waals surface area contributed by atoms with Crippen molar-refractivity contribution >= 4 is 61.5 Å². The summed E-state index contributed by atoms with van der Waals surface area (Å²) in [6, 6.07) is 4.67. The number of nitrogens with zero attached hydrogens (tertiary/aromatic N) is 3. The minimum Gasteiger partial charge on any atom is -0.456 e. The van der Waals surface area contributed by atoms with Gasteiger partial charge in [0.15, 0.2) is 5.82 Å². The monoisotopic (exact) mass is 743 g/mol. The molecule has 0 saturated heterocycles. The van der Waals surface area contributed by atoms with Gasteiger partial charge in [0.05, 0.1) is 38.0 Å². The van der Waals surface area contributed by atoms with Crippen LogP contribution in [0.5, 0.6) is 0 Å². The molecule has 0 aliphatic heterocycles. The molecule has 0 spiro atoms. The van der Waals surface area contributed by atoms with Crippen LogP contribution in [0.25, 0.3) is 66.5 Å². The standard InChI is InChI=1S/C50H33N3OS/c1-4-17-37(18-5-1)53(38-19-6-2-7-20-38)39-29-27-34(28-30-39)36-31-44(48-43-24-12-13-26-45(43)54-46(48)32-36)50-51-33-47(55-40-21-8-3-9-22-40)49(52-50)42-25-14-16-35-15-10-11-23-41(35)42/h1-33H/i1D,2D,4D,5D,6D,7D,12D,13D,17D,18D,19D,20D,24D,26D,27D,28D,29D,30D,31D,32D. The first-order valence-electron chi connectivity index (χ1n) is 26.7. The number of hydrogen-bond donors (Lipinski definition) is 0. The van der Waals surface area contributed by atoms with Gasteiger partial charge in [-0.1, -0.05) is 139 Å². The van der Waals surface area contributed by atoms with Crippen molar-refractivity contribution in [3.63, 3.8) is 0 Å². The van der Waals surface area contributed by atoms with Gasteiger partial charge >= 0.3 is 0 Å². The number of benzene rings is 8. The molecule has 4 nitrogen and oxygen atoms in total. The highest BCUT2D eigenvalue weighted by molar-refractivity contribution is 7.99. The highest BCUT2D eigenvalue weighted by atomic mass is 32.2. The Morgan fingerprint density at radius 2 is 1.22 bits per heavy atom. The number of rotatable bonds is 8. The van der Waals surface area contributed by atoms with Gasteiger partial charge in [-0.15, -0.1) is 0 Å². The Labute approximate surface area is 351 Å². The first kappa shape index (κ1) is 17.9. The Balaban J connectivity index is 1.33. The summed E-state index contributed by atoms with van der Waals surface area (Å²) in [5, 5.41) is 1.19. The molecule has 0 saturated carbocycles. The zero-order valence-electron chi connectivity index (χ0n) is 48.2. The molecule has 0 aliphatic rings. The van der Waals surface area contributed by atoms with Crippen LogP contribution in [0, 0.1) is 0 Å². The Hall–Kier alpha value is -6.95. The van der Waals surface area contributed by atoms with Crippen molar-refractivity contribution < 1.29 is 31.8 Å². The van der Waals surface area contributed by atoms with E-state index in [0.717, 1.165) is 15.7 Å². The maximum Gasteiger partial charge on any atom is 0.160 e. The van der Waals surface area contributed by atoms with E-state index >= 15 is 0 Å². The molecule has 0 fully saturated rings. The van der Waals surface area contributed by atoms with Crippen LogP contribution in [0.3, 0.4) is 0 Å². The van der Waals surface area contributed by atoms with Gasteiger partial charge in [-0.2, -0.15) is 0 Å². The van der Waals surface area contributed by atoms with Crippen molar-refractivity contribution in [3.8, 4) is 33.8 Å². The van der Waals surface area contributed by atoms with Crippen molar-refractivity contribution in [2.45, 2.75) is 9.79 Å². The normalized spacial score (nSPS) is 16.4. The molecule has 2 aromatic heterocycles. The first-order chi connectivity index (χ1) is 35.6. The topological polar surface area (TPSA) is 42.2 Å². The number of furan rings is 1. The lowest BCUT2D eigenvalue weighted by Crippen LogP contribution is -2.09.